The fourth-order valence-corrected chi connectivity index (χ4v) is 2.56. The molecule has 1 aliphatic heterocycles. The summed E-state index contributed by atoms with van der Waals surface area (Å²) in [5.74, 6) is -2.51. The van der Waals surface area contributed by atoms with Crippen LogP contribution in [-0.4, -0.2) is 28.4 Å². The van der Waals surface area contributed by atoms with Crippen LogP contribution >= 0.6 is 0 Å². The molecule has 1 fully saturated rings. The van der Waals surface area contributed by atoms with Gasteiger partial charge in [0.25, 0.3) is 5.91 Å². The maximum absolute atomic E-state index is 13.6. The van der Waals surface area contributed by atoms with Crippen LogP contribution in [0, 0.1) is 28.4 Å². The summed E-state index contributed by atoms with van der Waals surface area (Å²) >= 11 is 0. The van der Waals surface area contributed by atoms with Crippen LogP contribution in [0.3, 0.4) is 0 Å². The third-order valence-corrected chi connectivity index (χ3v) is 3.67. The lowest BCUT2D eigenvalue weighted by atomic mass is 9.77. The number of amides is 1. The number of piperidine rings is 1. The van der Waals surface area contributed by atoms with Gasteiger partial charge >= 0.3 is 0 Å². The van der Waals surface area contributed by atoms with Gasteiger partial charge in [-0.25, -0.2) is 13.8 Å². The summed E-state index contributed by atoms with van der Waals surface area (Å²) in [5, 5.41) is 9.29. The average molecular weight is 279 g/mol. The van der Waals surface area contributed by atoms with Crippen LogP contribution in [0.1, 0.15) is 37.2 Å². The van der Waals surface area contributed by atoms with E-state index >= 15 is 0 Å². The quantitative estimate of drug-likeness (QED) is 0.793. The summed E-state index contributed by atoms with van der Waals surface area (Å²) < 4.78 is 26.5. The van der Waals surface area contributed by atoms with Crippen LogP contribution in [0.25, 0.3) is 0 Å². The van der Waals surface area contributed by atoms with Crippen LogP contribution in [0.4, 0.5) is 8.78 Å². The van der Waals surface area contributed by atoms with E-state index in [1.165, 1.54) is 4.90 Å². The molecule has 1 amide bonds. The zero-order chi connectivity index (χ0) is 14.9. The van der Waals surface area contributed by atoms with Crippen molar-refractivity contribution in [3.05, 3.63) is 29.6 Å². The van der Waals surface area contributed by atoms with Gasteiger partial charge in [-0.05, 0) is 18.3 Å². The van der Waals surface area contributed by atoms with E-state index in [0.717, 1.165) is 19.0 Å². The highest BCUT2D eigenvalue weighted by Gasteiger charge is 2.41. The number of rotatable bonds is 1. The number of pyridine rings is 1. The van der Waals surface area contributed by atoms with Gasteiger partial charge in [0.15, 0.2) is 11.5 Å². The van der Waals surface area contributed by atoms with Gasteiger partial charge in [-0.3, -0.25) is 4.79 Å². The Labute approximate surface area is 116 Å². The first kappa shape index (κ1) is 14.4. The van der Waals surface area contributed by atoms with Crippen molar-refractivity contribution in [3.63, 3.8) is 0 Å². The molecule has 1 aliphatic rings. The van der Waals surface area contributed by atoms with E-state index in [9.17, 15) is 18.8 Å². The molecule has 0 bridgehead atoms. The van der Waals surface area contributed by atoms with E-state index in [4.69, 9.17) is 0 Å². The molecule has 0 saturated carbocycles. The lowest BCUT2D eigenvalue weighted by molar-refractivity contribution is 0.0427. The third-order valence-electron chi connectivity index (χ3n) is 3.67. The van der Waals surface area contributed by atoms with Crippen LogP contribution in [0.15, 0.2) is 12.3 Å². The van der Waals surface area contributed by atoms with Gasteiger partial charge in [0, 0.05) is 12.6 Å². The molecule has 0 aromatic carbocycles. The van der Waals surface area contributed by atoms with Crippen molar-refractivity contribution in [1.29, 1.82) is 5.26 Å². The molecule has 1 unspecified atom stereocenters. The second-order valence-electron chi connectivity index (χ2n) is 5.61. The lowest BCUT2D eigenvalue weighted by Crippen LogP contribution is -2.52. The molecule has 2 rings (SSSR count). The third kappa shape index (κ3) is 2.48. The number of aromatic nitrogens is 1. The van der Waals surface area contributed by atoms with Crippen molar-refractivity contribution in [1.82, 2.24) is 9.88 Å². The number of nitrogens with zero attached hydrogens (tertiary/aromatic N) is 3. The molecule has 6 heteroatoms. The molecular formula is C14H15F2N3O. The molecule has 2 heterocycles. The Morgan fingerprint density at radius 3 is 2.85 bits per heavy atom. The highest BCUT2D eigenvalue weighted by Crippen LogP contribution is 2.35. The Hall–Kier alpha value is -2.03. The van der Waals surface area contributed by atoms with Crippen molar-refractivity contribution < 1.29 is 13.6 Å². The van der Waals surface area contributed by atoms with Gasteiger partial charge in [0.2, 0.25) is 0 Å². The van der Waals surface area contributed by atoms with Gasteiger partial charge < -0.3 is 4.90 Å². The average Bonchev–Trinajstić information content (AvgIpc) is 2.36. The topological polar surface area (TPSA) is 57.0 Å². The molecule has 20 heavy (non-hydrogen) atoms. The predicted molar refractivity (Wildman–Crippen MR) is 67.6 cm³/mol. The van der Waals surface area contributed by atoms with E-state index in [1.807, 2.05) is 13.8 Å². The van der Waals surface area contributed by atoms with Crippen molar-refractivity contribution in [2.75, 3.05) is 6.54 Å². The maximum atomic E-state index is 13.6. The summed E-state index contributed by atoms with van der Waals surface area (Å²) in [6.45, 7) is 4.17. The van der Waals surface area contributed by atoms with E-state index in [1.54, 1.807) is 0 Å². The minimum absolute atomic E-state index is 0.362. The molecule has 0 spiro atoms. The lowest BCUT2D eigenvalue weighted by Gasteiger charge is -2.42. The second-order valence-corrected chi connectivity index (χ2v) is 5.61. The first-order valence-electron chi connectivity index (χ1n) is 6.38. The molecule has 1 saturated heterocycles. The molecule has 0 radical (unpaired) electrons. The van der Waals surface area contributed by atoms with E-state index in [-0.39, 0.29) is 5.41 Å². The number of nitriles is 1. The predicted octanol–water partition coefficient (Wildman–Crippen LogP) is 2.51. The Morgan fingerprint density at radius 1 is 1.55 bits per heavy atom. The molecule has 0 N–H and O–H groups in total. The minimum Gasteiger partial charge on any atom is -0.321 e. The Kier molecular flexibility index (Phi) is 3.71. The number of carbonyl (C=O) groups is 1. The number of halogens is 2. The fourth-order valence-electron chi connectivity index (χ4n) is 2.56. The molecule has 1 atom stereocenters. The number of hydrogen-bond acceptors (Lipinski definition) is 3. The van der Waals surface area contributed by atoms with Gasteiger partial charge in [-0.15, -0.1) is 0 Å². The van der Waals surface area contributed by atoms with Crippen LogP contribution < -0.4 is 0 Å². The number of carbonyl (C=O) groups excluding carboxylic acids is 1. The highest BCUT2D eigenvalue weighted by molar-refractivity contribution is 5.93. The molecule has 0 aliphatic carbocycles. The SMILES string of the molecule is CC1(C)CCCN(C(=O)c2ncc(F)cc2F)C1C#N. The monoisotopic (exact) mass is 279 g/mol. The van der Waals surface area contributed by atoms with Crippen molar-refractivity contribution in [3.8, 4) is 6.07 Å². The molecule has 106 valence electrons. The van der Waals surface area contributed by atoms with Crippen molar-refractivity contribution in [2.45, 2.75) is 32.7 Å². The van der Waals surface area contributed by atoms with Crippen LogP contribution in [0.5, 0.6) is 0 Å². The molecule has 1 aromatic rings. The molecular weight excluding hydrogens is 264 g/mol. The van der Waals surface area contributed by atoms with Crippen LogP contribution in [-0.2, 0) is 0 Å². The van der Waals surface area contributed by atoms with Gasteiger partial charge in [0.1, 0.15) is 11.9 Å². The minimum atomic E-state index is -1.00. The summed E-state index contributed by atoms with van der Waals surface area (Å²) in [7, 11) is 0. The van der Waals surface area contributed by atoms with Gasteiger partial charge in [-0.2, -0.15) is 5.26 Å². The smallest absolute Gasteiger partial charge is 0.276 e. The second kappa shape index (κ2) is 5.16. The standard InChI is InChI=1S/C14H15F2N3O/c1-14(2)4-3-5-19(11(14)7-17)13(20)12-10(16)6-9(15)8-18-12/h6,8,11H,3-5H2,1-2H3. The number of hydrogen-bond donors (Lipinski definition) is 0. The summed E-state index contributed by atoms with van der Waals surface area (Å²) in [6.07, 6.45) is 2.35. The van der Waals surface area contributed by atoms with Gasteiger partial charge in [-0.1, -0.05) is 13.8 Å². The summed E-state index contributed by atoms with van der Waals surface area (Å²) in [5.41, 5.74) is -0.802. The Bertz CT molecular complexity index is 580. The zero-order valence-electron chi connectivity index (χ0n) is 11.4. The van der Waals surface area contributed by atoms with Crippen molar-refractivity contribution >= 4 is 5.91 Å². The van der Waals surface area contributed by atoms with E-state index in [2.05, 4.69) is 11.1 Å². The molecule has 4 nitrogen and oxygen atoms in total. The Balaban J connectivity index is 2.35. The zero-order valence-corrected chi connectivity index (χ0v) is 11.4. The highest BCUT2D eigenvalue weighted by atomic mass is 19.1. The van der Waals surface area contributed by atoms with E-state index < -0.39 is 29.3 Å². The largest absolute Gasteiger partial charge is 0.321 e. The normalized spacial score (nSPS) is 21.4. The number of likely N-dealkylation sites (tertiary alicyclic amines) is 1. The maximum Gasteiger partial charge on any atom is 0.276 e. The van der Waals surface area contributed by atoms with E-state index in [0.29, 0.717) is 12.6 Å². The van der Waals surface area contributed by atoms with Crippen LogP contribution in [0.2, 0.25) is 0 Å². The Morgan fingerprint density at radius 2 is 2.25 bits per heavy atom. The summed E-state index contributed by atoms with van der Waals surface area (Å²) in [6, 6.07) is 2.08. The van der Waals surface area contributed by atoms with Crippen molar-refractivity contribution in [2.24, 2.45) is 5.41 Å². The molecule has 1 aromatic heterocycles. The fraction of sp³-hybridized carbons (Fsp3) is 0.500. The first-order chi connectivity index (χ1) is 9.36. The van der Waals surface area contributed by atoms with Gasteiger partial charge in [0.05, 0.1) is 12.3 Å². The first-order valence-corrected chi connectivity index (χ1v) is 6.38. The summed E-state index contributed by atoms with van der Waals surface area (Å²) in [4.78, 5) is 17.2.